The van der Waals surface area contributed by atoms with Crippen molar-refractivity contribution in [2.75, 3.05) is 39.4 Å². The summed E-state index contributed by atoms with van der Waals surface area (Å²) in [5, 5.41) is 2.63. The van der Waals surface area contributed by atoms with E-state index in [1.807, 2.05) is 24.3 Å². The second-order valence-electron chi connectivity index (χ2n) is 10.0. The van der Waals surface area contributed by atoms with E-state index in [-0.39, 0.29) is 23.6 Å². The van der Waals surface area contributed by atoms with Crippen molar-refractivity contribution in [3.8, 4) is 0 Å². The Morgan fingerprint density at radius 2 is 1.75 bits per heavy atom. The van der Waals surface area contributed by atoms with Gasteiger partial charge in [0.05, 0.1) is 18.6 Å². The maximum Gasteiger partial charge on any atom is 0.254 e. The van der Waals surface area contributed by atoms with E-state index < -0.39 is 5.41 Å². The van der Waals surface area contributed by atoms with Crippen LogP contribution in [0, 0.1) is 5.92 Å². The molecule has 1 atom stereocenters. The Labute approximate surface area is 220 Å². The number of nitrogens with one attached hydrogen (secondary N) is 1. The number of morpholine rings is 1. The number of piperidine rings is 2. The predicted molar refractivity (Wildman–Crippen MR) is 139 cm³/mol. The van der Waals surface area contributed by atoms with Crippen LogP contribution >= 0.6 is 15.9 Å². The quantitative estimate of drug-likeness (QED) is 0.573. The number of benzene rings is 2. The summed E-state index contributed by atoms with van der Waals surface area (Å²) in [6.07, 6.45) is 2.51. The van der Waals surface area contributed by atoms with E-state index in [0.717, 1.165) is 42.5 Å². The molecule has 7 nitrogen and oxygen atoms in total. The highest BCUT2D eigenvalue weighted by atomic mass is 79.9. The third-order valence-corrected chi connectivity index (χ3v) is 8.46. The van der Waals surface area contributed by atoms with E-state index in [0.29, 0.717) is 44.7 Å². The van der Waals surface area contributed by atoms with Crippen LogP contribution in [0.25, 0.3) is 0 Å². The lowest BCUT2D eigenvalue weighted by atomic mass is 9.62. The molecule has 3 aliphatic heterocycles. The molecule has 190 valence electrons. The smallest absolute Gasteiger partial charge is 0.254 e. The number of nitrogens with zero attached hydrogens (tertiary/aromatic N) is 2. The maximum absolute atomic E-state index is 13.6. The number of carbonyl (C=O) groups excluding carboxylic acids is 3. The Bertz CT molecular complexity index is 1120. The first kappa shape index (κ1) is 25.1. The number of imide groups is 1. The topological polar surface area (TPSA) is 79.0 Å². The number of carbonyl (C=O) groups is 3. The zero-order valence-electron chi connectivity index (χ0n) is 20.4. The van der Waals surface area contributed by atoms with Crippen LogP contribution in [-0.2, 0) is 26.3 Å². The number of likely N-dealkylation sites (tertiary alicyclic amines) is 1. The summed E-state index contributed by atoms with van der Waals surface area (Å²) in [4.78, 5) is 43.1. The molecular weight excluding hydrogens is 522 g/mol. The lowest BCUT2D eigenvalue weighted by Crippen LogP contribution is -2.57. The van der Waals surface area contributed by atoms with E-state index in [9.17, 15) is 14.4 Å². The molecule has 0 spiro atoms. The number of rotatable bonds is 5. The zero-order valence-corrected chi connectivity index (χ0v) is 22.0. The number of amides is 3. The van der Waals surface area contributed by atoms with Crippen molar-refractivity contribution in [3.05, 3.63) is 69.7 Å². The van der Waals surface area contributed by atoms with E-state index in [4.69, 9.17) is 4.74 Å². The van der Waals surface area contributed by atoms with Crippen molar-refractivity contribution in [1.29, 1.82) is 0 Å². The van der Waals surface area contributed by atoms with E-state index in [1.165, 1.54) is 5.56 Å². The minimum absolute atomic E-state index is 0.0353. The van der Waals surface area contributed by atoms with E-state index in [1.54, 1.807) is 4.90 Å². The molecule has 0 bridgehead atoms. The molecule has 2 aromatic carbocycles. The minimum Gasteiger partial charge on any atom is -0.378 e. The monoisotopic (exact) mass is 553 g/mol. The van der Waals surface area contributed by atoms with Crippen LogP contribution in [0.15, 0.2) is 53.0 Å². The fourth-order valence-corrected chi connectivity index (χ4v) is 6.20. The van der Waals surface area contributed by atoms with Crippen molar-refractivity contribution < 1.29 is 19.1 Å². The van der Waals surface area contributed by atoms with Crippen LogP contribution in [0.5, 0.6) is 0 Å². The van der Waals surface area contributed by atoms with Crippen molar-refractivity contribution >= 4 is 33.7 Å². The fourth-order valence-electron chi connectivity index (χ4n) is 5.94. The molecule has 5 rings (SSSR count). The van der Waals surface area contributed by atoms with Crippen LogP contribution in [0.1, 0.15) is 47.2 Å². The van der Waals surface area contributed by atoms with Crippen LogP contribution in [0.2, 0.25) is 0 Å². The van der Waals surface area contributed by atoms with E-state index >= 15 is 0 Å². The standard InChI is InChI=1S/C28H32BrN3O4/c29-24-6-4-20(5-7-24)19-31-12-9-22(10-13-31)28(11-8-25(33)30-27(28)35)23-3-1-2-21(18-23)26(34)32-14-16-36-17-15-32/h1-7,18,22H,8-17,19H2,(H,30,33,35). The van der Waals surface area contributed by atoms with Crippen LogP contribution in [-0.4, -0.2) is 66.9 Å². The normalized spacial score (nSPS) is 24.0. The fraction of sp³-hybridized carbons (Fsp3) is 0.464. The van der Waals surface area contributed by atoms with E-state index in [2.05, 4.69) is 50.4 Å². The van der Waals surface area contributed by atoms with Crippen LogP contribution in [0.4, 0.5) is 0 Å². The average Bonchev–Trinajstić information content (AvgIpc) is 2.91. The van der Waals surface area contributed by atoms with Crippen LogP contribution < -0.4 is 5.32 Å². The summed E-state index contributed by atoms with van der Waals surface area (Å²) in [5.41, 5.74) is 1.89. The van der Waals surface area contributed by atoms with Gasteiger partial charge in [0.15, 0.2) is 0 Å². The molecule has 1 unspecified atom stereocenters. The average molecular weight is 554 g/mol. The number of halogens is 1. The minimum atomic E-state index is -0.807. The molecule has 1 N–H and O–H groups in total. The lowest BCUT2D eigenvalue weighted by Gasteiger charge is -2.46. The number of hydrogen-bond donors (Lipinski definition) is 1. The van der Waals surface area contributed by atoms with Crippen molar-refractivity contribution in [2.45, 2.75) is 37.6 Å². The van der Waals surface area contributed by atoms with Gasteiger partial charge in [-0.05, 0) is 73.7 Å². The molecule has 2 aromatic rings. The first-order valence-corrected chi connectivity index (χ1v) is 13.5. The van der Waals surface area contributed by atoms with Gasteiger partial charge < -0.3 is 9.64 Å². The molecule has 0 aliphatic carbocycles. The summed E-state index contributed by atoms with van der Waals surface area (Å²) < 4.78 is 6.46. The lowest BCUT2D eigenvalue weighted by molar-refractivity contribution is -0.140. The zero-order chi connectivity index (χ0) is 25.1. The molecule has 0 aromatic heterocycles. The van der Waals surface area contributed by atoms with Gasteiger partial charge in [0.1, 0.15) is 0 Å². The summed E-state index contributed by atoms with van der Waals surface area (Å²) in [5.74, 6) is -0.377. The number of hydrogen-bond acceptors (Lipinski definition) is 5. The van der Waals surface area contributed by atoms with Gasteiger partial charge in [0, 0.05) is 36.1 Å². The second kappa shape index (κ2) is 10.8. The third kappa shape index (κ3) is 5.12. The molecule has 3 aliphatic rings. The molecule has 3 saturated heterocycles. The molecule has 3 heterocycles. The summed E-state index contributed by atoms with van der Waals surface area (Å²) in [6.45, 7) is 4.87. The van der Waals surface area contributed by atoms with Gasteiger partial charge in [0.25, 0.3) is 5.91 Å². The van der Waals surface area contributed by atoms with Gasteiger partial charge in [0.2, 0.25) is 11.8 Å². The summed E-state index contributed by atoms with van der Waals surface area (Å²) in [7, 11) is 0. The highest BCUT2D eigenvalue weighted by molar-refractivity contribution is 9.10. The third-order valence-electron chi connectivity index (χ3n) is 7.93. The van der Waals surface area contributed by atoms with Gasteiger partial charge in [-0.2, -0.15) is 0 Å². The highest BCUT2D eigenvalue weighted by Gasteiger charge is 2.50. The van der Waals surface area contributed by atoms with Crippen molar-refractivity contribution in [3.63, 3.8) is 0 Å². The van der Waals surface area contributed by atoms with Gasteiger partial charge in [-0.25, -0.2) is 0 Å². The Morgan fingerprint density at radius 1 is 1.03 bits per heavy atom. The predicted octanol–water partition coefficient (Wildman–Crippen LogP) is 3.51. The van der Waals surface area contributed by atoms with Crippen molar-refractivity contribution in [2.24, 2.45) is 5.92 Å². The van der Waals surface area contributed by atoms with Gasteiger partial charge in [-0.3, -0.25) is 24.6 Å². The Hall–Kier alpha value is -2.55. The molecule has 0 saturated carbocycles. The molecular formula is C28H32BrN3O4. The van der Waals surface area contributed by atoms with Crippen molar-refractivity contribution in [1.82, 2.24) is 15.1 Å². The SMILES string of the molecule is O=C1CCC(c2cccc(C(=O)N3CCOCC3)c2)(C2CCN(Cc3ccc(Br)cc3)CC2)C(=O)N1. The molecule has 3 amide bonds. The van der Waals surface area contributed by atoms with Gasteiger partial charge in [-0.15, -0.1) is 0 Å². The van der Waals surface area contributed by atoms with Gasteiger partial charge in [-0.1, -0.05) is 40.2 Å². The van der Waals surface area contributed by atoms with Crippen LogP contribution in [0.3, 0.4) is 0 Å². The summed E-state index contributed by atoms with van der Waals surface area (Å²) >= 11 is 3.49. The number of ether oxygens (including phenoxy) is 1. The Balaban J connectivity index is 1.37. The highest BCUT2D eigenvalue weighted by Crippen LogP contribution is 2.44. The molecule has 8 heteroatoms. The molecule has 0 radical (unpaired) electrons. The maximum atomic E-state index is 13.6. The molecule has 3 fully saturated rings. The molecule has 36 heavy (non-hydrogen) atoms. The second-order valence-corrected chi connectivity index (χ2v) is 10.9. The first-order chi connectivity index (χ1) is 17.5. The first-order valence-electron chi connectivity index (χ1n) is 12.7. The Kier molecular flexibility index (Phi) is 7.55. The van der Waals surface area contributed by atoms with Gasteiger partial charge >= 0.3 is 0 Å². The Morgan fingerprint density at radius 3 is 2.44 bits per heavy atom. The summed E-state index contributed by atoms with van der Waals surface area (Å²) in [6, 6.07) is 15.9. The largest absolute Gasteiger partial charge is 0.378 e.